The normalized spacial score (nSPS) is 23.5. The van der Waals surface area contributed by atoms with E-state index in [-0.39, 0.29) is 24.0 Å². The number of aliphatic imine (C=N–C) groups is 1. The molecule has 0 aromatic carbocycles. The molecule has 0 spiro atoms. The zero-order valence-electron chi connectivity index (χ0n) is 15.3. The predicted molar refractivity (Wildman–Crippen MR) is 113 cm³/mol. The Morgan fingerprint density at radius 2 is 2.00 bits per heavy atom. The first-order valence-corrected chi connectivity index (χ1v) is 9.39. The molecule has 0 unspecified atom stereocenters. The van der Waals surface area contributed by atoms with Crippen LogP contribution in [0.3, 0.4) is 0 Å². The number of ether oxygens (including phenoxy) is 1. The minimum absolute atomic E-state index is 0. The fourth-order valence-corrected chi connectivity index (χ4v) is 3.04. The molecule has 5 nitrogen and oxygen atoms in total. The van der Waals surface area contributed by atoms with Crippen LogP contribution in [0.5, 0.6) is 5.88 Å². The standard InChI is InChI=1S/C19H30N4O.HI/c1-3-20-19(23-16-6-7-16)22-13-15-10-11-21-18(12-15)24-17-8-4-14(2)5-9-17;/h10-12,14,16-17H,3-9,13H2,1-2H3,(H2,20,22,23);1H. The number of rotatable bonds is 6. The molecule has 25 heavy (non-hydrogen) atoms. The molecule has 2 aliphatic carbocycles. The highest BCUT2D eigenvalue weighted by molar-refractivity contribution is 14.0. The third-order valence-corrected chi connectivity index (χ3v) is 4.73. The van der Waals surface area contributed by atoms with Crippen molar-refractivity contribution in [1.29, 1.82) is 0 Å². The van der Waals surface area contributed by atoms with Crippen molar-refractivity contribution in [3.8, 4) is 5.88 Å². The van der Waals surface area contributed by atoms with Crippen molar-refractivity contribution in [1.82, 2.24) is 15.6 Å². The van der Waals surface area contributed by atoms with Crippen LogP contribution in [0.25, 0.3) is 0 Å². The molecular formula is C19H31IN4O. The average molecular weight is 458 g/mol. The van der Waals surface area contributed by atoms with Crippen molar-refractivity contribution >= 4 is 29.9 Å². The summed E-state index contributed by atoms with van der Waals surface area (Å²) in [4.78, 5) is 9.05. The Balaban J connectivity index is 0.00000225. The zero-order valence-corrected chi connectivity index (χ0v) is 17.7. The molecule has 2 aliphatic rings. The maximum atomic E-state index is 6.08. The first-order chi connectivity index (χ1) is 11.7. The van der Waals surface area contributed by atoms with Crippen molar-refractivity contribution < 1.29 is 4.74 Å². The van der Waals surface area contributed by atoms with Crippen LogP contribution in [0.15, 0.2) is 23.3 Å². The van der Waals surface area contributed by atoms with Crippen LogP contribution in [0.1, 0.15) is 57.9 Å². The Morgan fingerprint density at radius 3 is 2.68 bits per heavy atom. The summed E-state index contributed by atoms with van der Waals surface area (Å²) >= 11 is 0. The second-order valence-corrected chi connectivity index (χ2v) is 7.12. The largest absolute Gasteiger partial charge is 0.474 e. The van der Waals surface area contributed by atoms with E-state index >= 15 is 0 Å². The molecule has 140 valence electrons. The molecule has 1 aromatic heterocycles. The van der Waals surface area contributed by atoms with Gasteiger partial charge in [0.25, 0.3) is 0 Å². The highest BCUT2D eigenvalue weighted by Gasteiger charge is 2.22. The molecule has 0 amide bonds. The van der Waals surface area contributed by atoms with Crippen molar-refractivity contribution in [2.45, 2.75) is 71.1 Å². The highest BCUT2D eigenvalue weighted by Crippen LogP contribution is 2.26. The molecule has 0 saturated heterocycles. The average Bonchev–Trinajstić information content (AvgIpc) is 3.39. The van der Waals surface area contributed by atoms with Gasteiger partial charge in [-0.1, -0.05) is 6.92 Å². The lowest BCUT2D eigenvalue weighted by atomic mass is 9.89. The third kappa shape index (κ3) is 6.99. The molecule has 0 atom stereocenters. The summed E-state index contributed by atoms with van der Waals surface area (Å²) in [7, 11) is 0. The highest BCUT2D eigenvalue weighted by atomic mass is 127. The molecule has 0 radical (unpaired) electrons. The second-order valence-electron chi connectivity index (χ2n) is 7.12. The van der Waals surface area contributed by atoms with Gasteiger partial charge in [0.15, 0.2) is 5.96 Å². The van der Waals surface area contributed by atoms with Gasteiger partial charge in [0, 0.05) is 24.8 Å². The summed E-state index contributed by atoms with van der Waals surface area (Å²) in [5, 5.41) is 6.74. The zero-order chi connectivity index (χ0) is 16.8. The van der Waals surface area contributed by atoms with Gasteiger partial charge >= 0.3 is 0 Å². The summed E-state index contributed by atoms with van der Waals surface area (Å²) in [5.41, 5.74) is 1.14. The van der Waals surface area contributed by atoms with E-state index in [1.54, 1.807) is 0 Å². The maximum absolute atomic E-state index is 6.08. The van der Waals surface area contributed by atoms with E-state index in [4.69, 9.17) is 4.74 Å². The van der Waals surface area contributed by atoms with Crippen molar-refractivity contribution in [2.24, 2.45) is 10.9 Å². The number of nitrogens with one attached hydrogen (secondary N) is 2. The quantitative estimate of drug-likeness (QED) is 0.386. The van der Waals surface area contributed by atoms with E-state index in [9.17, 15) is 0 Å². The third-order valence-electron chi connectivity index (χ3n) is 4.73. The molecule has 1 heterocycles. The SMILES string of the molecule is CCNC(=NCc1ccnc(OC2CCC(C)CC2)c1)NC1CC1.I. The fraction of sp³-hybridized carbons (Fsp3) is 0.684. The Kier molecular flexibility index (Phi) is 8.26. The molecule has 2 saturated carbocycles. The van der Waals surface area contributed by atoms with Gasteiger partial charge in [0.2, 0.25) is 5.88 Å². The molecule has 2 fully saturated rings. The minimum Gasteiger partial charge on any atom is -0.474 e. The van der Waals surface area contributed by atoms with Crippen LogP contribution in [0.4, 0.5) is 0 Å². The number of aromatic nitrogens is 1. The van der Waals surface area contributed by atoms with Gasteiger partial charge in [-0.3, -0.25) is 0 Å². The van der Waals surface area contributed by atoms with E-state index in [2.05, 4.69) is 34.5 Å². The van der Waals surface area contributed by atoms with Gasteiger partial charge in [0.1, 0.15) is 6.10 Å². The number of hydrogen-bond donors (Lipinski definition) is 2. The molecule has 1 aromatic rings. The summed E-state index contributed by atoms with van der Waals surface area (Å²) in [6.07, 6.45) is 9.44. The van der Waals surface area contributed by atoms with Gasteiger partial charge in [0.05, 0.1) is 6.54 Å². The number of guanidine groups is 1. The monoisotopic (exact) mass is 458 g/mol. The summed E-state index contributed by atoms with van der Waals surface area (Å²) in [6, 6.07) is 4.65. The number of hydrogen-bond acceptors (Lipinski definition) is 3. The summed E-state index contributed by atoms with van der Waals surface area (Å²) in [5.74, 6) is 2.48. The van der Waals surface area contributed by atoms with Crippen LogP contribution >= 0.6 is 24.0 Å². The minimum atomic E-state index is 0. The Morgan fingerprint density at radius 1 is 1.24 bits per heavy atom. The van der Waals surface area contributed by atoms with Crippen LogP contribution in [-0.2, 0) is 6.54 Å². The van der Waals surface area contributed by atoms with E-state index in [0.717, 1.165) is 42.7 Å². The summed E-state index contributed by atoms with van der Waals surface area (Å²) in [6.45, 7) is 5.93. The van der Waals surface area contributed by atoms with Crippen molar-refractivity contribution in [3.05, 3.63) is 23.9 Å². The maximum Gasteiger partial charge on any atom is 0.213 e. The van der Waals surface area contributed by atoms with Crippen LogP contribution in [0, 0.1) is 5.92 Å². The Labute approximate surface area is 168 Å². The number of nitrogens with zero attached hydrogens (tertiary/aromatic N) is 2. The topological polar surface area (TPSA) is 58.5 Å². The lowest BCUT2D eigenvalue weighted by molar-refractivity contribution is 0.130. The number of pyridine rings is 1. The van der Waals surface area contributed by atoms with E-state index in [0.29, 0.717) is 18.7 Å². The molecule has 0 aliphatic heterocycles. The van der Waals surface area contributed by atoms with Gasteiger partial charge < -0.3 is 15.4 Å². The first-order valence-electron chi connectivity index (χ1n) is 9.39. The Hall–Kier alpha value is -1.05. The van der Waals surface area contributed by atoms with Gasteiger partial charge in [-0.15, -0.1) is 24.0 Å². The van der Waals surface area contributed by atoms with E-state index in [1.807, 2.05) is 18.3 Å². The lowest BCUT2D eigenvalue weighted by Gasteiger charge is -2.26. The fourth-order valence-electron chi connectivity index (χ4n) is 3.04. The smallest absolute Gasteiger partial charge is 0.213 e. The number of halogens is 1. The molecule has 2 N–H and O–H groups in total. The van der Waals surface area contributed by atoms with Crippen molar-refractivity contribution in [2.75, 3.05) is 6.54 Å². The van der Waals surface area contributed by atoms with E-state index in [1.165, 1.54) is 25.7 Å². The van der Waals surface area contributed by atoms with Gasteiger partial charge in [-0.2, -0.15) is 0 Å². The van der Waals surface area contributed by atoms with Gasteiger partial charge in [-0.25, -0.2) is 9.98 Å². The summed E-state index contributed by atoms with van der Waals surface area (Å²) < 4.78 is 6.08. The van der Waals surface area contributed by atoms with Crippen LogP contribution in [0.2, 0.25) is 0 Å². The first kappa shape index (κ1) is 20.3. The molecule has 0 bridgehead atoms. The molecular weight excluding hydrogens is 427 g/mol. The van der Waals surface area contributed by atoms with E-state index < -0.39 is 0 Å². The predicted octanol–water partition coefficient (Wildman–Crippen LogP) is 3.87. The molecule has 3 rings (SSSR count). The van der Waals surface area contributed by atoms with Gasteiger partial charge in [-0.05, 0) is 63.0 Å². The van der Waals surface area contributed by atoms with Crippen molar-refractivity contribution in [3.63, 3.8) is 0 Å². The second kappa shape index (κ2) is 10.2. The molecule has 6 heteroatoms. The van der Waals surface area contributed by atoms with Crippen LogP contribution in [-0.4, -0.2) is 29.6 Å². The Bertz CT molecular complexity index is 554. The lowest BCUT2D eigenvalue weighted by Crippen LogP contribution is -2.38. The van der Waals surface area contributed by atoms with Crippen LogP contribution < -0.4 is 15.4 Å².